The number of nitrogens with zero attached hydrogens (tertiary/aromatic N) is 5. The van der Waals surface area contributed by atoms with E-state index in [1.165, 1.54) is 6.26 Å². The van der Waals surface area contributed by atoms with Crippen molar-refractivity contribution in [2.45, 2.75) is 26.7 Å². The van der Waals surface area contributed by atoms with Crippen LogP contribution in [0.1, 0.15) is 41.6 Å². The van der Waals surface area contributed by atoms with Crippen LogP contribution in [-0.2, 0) is 0 Å². The zero-order valence-electron chi connectivity index (χ0n) is 13.0. The summed E-state index contributed by atoms with van der Waals surface area (Å²) in [4.78, 5) is 20.8. The Morgan fingerprint density at radius 3 is 2.64 bits per heavy atom. The Balaban J connectivity index is 1.66. The Morgan fingerprint density at radius 1 is 1.32 bits per heavy atom. The molecule has 2 aromatic rings. The largest absolute Gasteiger partial charge is 0.364 e. The van der Waals surface area contributed by atoms with Crippen LogP contribution >= 0.6 is 0 Å². The third-order valence-corrected chi connectivity index (χ3v) is 3.81. The van der Waals surface area contributed by atoms with E-state index in [1.807, 2.05) is 25.7 Å². The molecule has 8 heteroatoms. The van der Waals surface area contributed by atoms with Crippen LogP contribution in [0, 0.1) is 6.92 Å². The smallest absolute Gasteiger partial charge is 0.259 e. The average Bonchev–Trinajstić information content (AvgIpc) is 3.15. The minimum absolute atomic E-state index is 0.0178. The van der Waals surface area contributed by atoms with Crippen molar-refractivity contribution in [2.75, 3.05) is 31.1 Å². The Kier molecular flexibility index (Phi) is 3.82. The summed E-state index contributed by atoms with van der Waals surface area (Å²) in [6, 6.07) is 0. The molecule has 0 aliphatic carbocycles. The summed E-state index contributed by atoms with van der Waals surface area (Å²) >= 11 is 0. The number of aromatic amines is 1. The minimum Gasteiger partial charge on any atom is -0.364 e. The van der Waals surface area contributed by atoms with Gasteiger partial charge in [0, 0.05) is 26.2 Å². The van der Waals surface area contributed by atoms with Gasteiger partial charge in [-0.05, 0) is 12.8 Å². The number of nitrogens with one attached hydrogen (secondary N) is 1. The molecule has 1 saturated heterocycles. The van der Waals surface area contributed by atoms with Gasteiger partial charge in [0.15, 0.2) is 0 Å². The lowest BCUT2D eigenvalue weighted by atomic mass is 10.1. The zero-order chi connectivity index (χ0) is 15.7. The fourth-order valence-electron chi connectivity index (χ4n) is 2.57. The van der Waals surface area contributed by atoms with Crippen LogP contribution in [0.3, 0.4) is 0 Å². The molecule has 22 heavy (non-hydrogen) atoms. The number of carbonyl (C=O) groups is 1. The molecular weight excluding hydrogens is 284 g/mol. The molecule has 1 amide bonds. The molecule has 3 heterocycles. The van der Waals surface area contributed by atoms with Gasteiger partial charge in [0.2, 0.25) is 5.95 Å². The summed E-state index contributed by atoms with van der Waals surface area (Å²) in [7, 11) is 0. The maximum atomic E-state index is 12.6. The number of amides is 1. The number of H-pyrrole nitrogens is 1. The van der Waals surface area contributed by atoms with Crippen LogP contribution in [0.4, 0.5) is 5.95 Å². The van der Waals surface area contributed by atoms with Crippen molar-refractivity contribution in [3.63, 3.8) is 0 Å². The number of piperazine rings is 1. The highest BCUT2D eigenvalue weighted by molar-refractivity contribution is 5.95. The van der Waals surface area contributed by atoms with Gasteiger partial charge in [-0.1, -0.05) is 19.0 Å². The second-order valence-corrected chi connectivity index (χ2v) is 5.77. The normalized spacial score (nSPS) is 15.6. The second-order valence-electron chi connectivity index (χ2n) is 5.77. The molecule has 1 fully saturated rings. The molecule has 0 spiro atoms. The van der Waals surface area contributed by atoms with Gasteiger partial charge in [-0.2, -0.15) is 4.98 Å². The number of hydrogen-bond donors (Lipinski definition) is 1. The van der Waals surface area contributed by atoms with Crippen molar-refractivity contribution >= 4 is 11.9 Å². The number of rotatable bonds is 3. The van der Waals surface area contributed by atoms with E-state index in [9.17, 15) is 4.79 Å². The molecule has 1 aliphatic heterocycles. The lowest BCUT2D eigenvalue weighted by Crippen LogP contribution is -2.49. The molecule has 1 N–H and O–H groups in total. The van der Waals surface area contributed by atoms with Crippen molar-refractivity contribution in [3.05, 3.63) is 23.3 Å². The first-order valence-corrected chi connectivity index (χ1v) is 7.43. The number of aromatic nitrogens is 4. The highest BCUT2D eigenvalue weighted by atomic mass is 16.5. The van der Waals surface area contributed by atoms with E-state index >= 15 is 0 Å². The molecule has 0 unspecified atom stereocenters. The summed E-state index contributed by atoms with van der Waals surface area (Å²) in [5.41, 5.74) is 1.29. The highest BCUT2D eigenvalue weighted by Crippen LogP contribution is 2.20. The van der Waals surface area contributed by atoms with Crippen LogP contribution in [0.2, 0.25) is 0 Å². The van der Waals surface area contributed by atoms with Gasteiger partial charge in [0.25, 0.3) is 5.91 Å². The van der Waals surface area contributed by atoms with E-state index in [0.29, 0.717) is 37.7 Å². The number of anilines is 1. The van der Waals surface area contributed by atoms with Gasteiger partial charge >= 0.3 is 0 Å². The molecule has 3 rings (SSSR count). The van der Waals surface area contributed by atoms with E-state index in [0.717, 1.165) is 11.5 Å². The SMILES string of the molecule is Cc1nc(N2CCN(C(=O)c3conc3C(C)C)CC2)n[nH]1. The Morgan fingerprint density at radius 2 is 2.05 bits per heavy atom. The van der Waals surface area contributed by atoms with Crippen molar-refractivity contribution in [1.82, 2.24) is 25.2 Å². The monoisotopic (exact) mass is 304 g/mol. The summed E-state index contributed by atoms with van der Waals surface area (Å²) in [5, 5.41) is 10.9. The molecule has 0 bridgehead atoms. The third-order valence-electron chi connectivity index (χ3n) is 3.81. The van der Waals surface area contributed by atoms with Crippen molar-refractivity contribution in [3.8, 4) is 0 Å². The van der Waals surface area contributed by atoms with Gasteiger partial charge in [0.1, 0.15) is 17.7 Å². The minimum atomic E-state index is -0.0178. The van der Waals surface area contributed by atoms with Gasteiger partial charge < -0.3 is 14.3 Å². The quantitative estimate of drug-likeness (QED) is 0.916. The standard InChI is InChI=1S/C14H20N6O2/c1-9(2)12-11(8-22-18-12)13(21)19-4-6-20(7-5-19)14-15-10(3)16-17-14/h8-9H,4-7H2,1-3H3,(H,15,16,17). The number of aryl methyl sites for hydroxylation is 1. The molecule has 118 valence electrons. The predicted octanol–water partition coefficient (Wildman–Crippen LogP) is 1.19. The summed E-state index contributed by atoms with van der Waals surface area (Å²) in [6.07, 6.45) is 1.45. The average molecular weight is 304 g/mol. The van der Waals surface area contributed by atoms with Gasteiger partial charge in [-0.3, -0.25) is 9.89 Å². The summed E-state index contributed by atoms with van der Waals surface area (Å²) in [5.74, 6) is 1.63. The number of carbonyl (C=O) groups excluding carboxylic acids is 1. The van der Waals surface area contributed by atoms with Crippen LogP contribution < -0.4 is 4.90 Å². The maximum Gasteiger partial charge on any atom is 0.259 e. The molecular formula is C14H20N6O2. The van der Waals surface area contributed by atoms with E-state index in [4.69, 9.17) is 4.52 Å². The first-order valence-electron chi connectivity index (χ1n) is 7.43. The van der Waals surface area contributed by atoms with Crippen LogP contribution in [0.25, 0.3) is 0 Å². The Hall–Kier alpha value is -2.38. The van der Waals surface area contributed by atoms with E-state index < -0.39 is 0 Å². The maximum absolute atomic E-state index is 12.6. The predicted molar refractivity (Wildman–Crippen MR) is 79.8 cm³/mol. The van der Waals surface area contributed by atoms with E-state index in [1.54, 1.807) is 0 Å². The lowest BCUT2D eigenvalue weighted by Gasteiger charge is -2.34. The Bertz CT molecular complexity index is 654. The van der Waals surface area contributed by atoms with Gasteiger partial charge in [-0.15, -0.1) is 5.10 Å². The van der Waals surface area contributed by atoms with Crippen molar-refractivity contribution < 1.29 is 9.32 Å². The zero-order valence-corrected chi connectivity index (χ0v) is 13.0. The van der Waals surface area contributed by atoms with Crippen LogP contribution in [0.15, 0.2) is 10.8 Å². The first kappa shape index (κ1) is 14.6. The number of hydrogen-bond acceptors (Lipinski definition) is 6. The molecule has 0 atom stereocenters. The summed E-state index contributed by atoms with van der Waals surface area (Å²) < 4.78 is 4.98. The second kappa shape index (κ2) is 5.78. The third kappa shape index (κ3) is 2.68. The van der Waals surface area contributed by atoms with Crippen molar-refractivity contribution in [1.29, 1.82) is 0 Å². The fraction of sp³-hybridized carbons (Fsp3) is 0.571. The Labute approximate surface area is 128 Å². The topological polar surface area (TPSA) is 91.2 Å². The van der Waals surface area contributed by atoms with Gasteiger partial charge in [0.05, 0.1) is 5.69 Å². The summed E-state index contributed by atoms with van der Waals surface area (Å²) in [6.45, 7) is 8.56. The molecule has 2 aromatic heterocycles. The van der Waals surface area contributed by atoms with Crippen LogP contribution in [0.5, 0.6) is 0 Å². The molecule has 1 aliphatic rings. The molecule has 0 aromatic carbocycles. The van der Waals surface area contributed by atoms with Gasteiger partial charge in [-0.25, -0.2) is 0 Å². The van der Waals surface area contributed by atoms with Crippen LogP contribution in [-0.4, -0.2) is 57.3 Å². The lowest BCUT2D eigenvalue weighted by molar-refractivity contribution is 0.0744. The fourth-order valence-corrected chi connectivity index (χ4v) is 2.57. The van der Waals surface area contributed by atoms with E-state index in [-0.39, 0.29) is 11.8 Å². The first-order chi connectivity index (χ1) is 10.6. The highest BCUT2D eigenvalue weighted by Gasteiger charge is 2.27. The van der Waals surface area contributed by atoms with Crippen molar-refractivity contribution in [2.24, 2.45) is 0 Å². The van der Waals surface area contributed by atoms with E-state index in [2.05, 4.69) is 25.2 Å². The molecule has 0 saturated carbocycles. The molecule has 8 nitrogen and oxygen atoms in total. The molecule has 0 radical (unpaired) electrons.